The van der Waals surface area contributed by atoms with Gasteiger partial charge in [0.2, 0.25) is 0 Å². The Bertz CT molecular complexity index is 916. The molecule has 0 aliphatic heterocycles. The van der Waals surface area contributed by atoms with Crippen molar-refractivity contribution in [1.82, 2.24) is 0 Å². The molecule has 0 fully saturated rings. The van der Waals surface area contributed by atoms with Crippen molar-refractivity contribution in [3.8, 4) is 0 Å². The average Bonchev–Trinajstić information content (AvgIpc) is 2.63. The minimum atomic E-state index is -8.76. The highest BCUT2D eigenvalue weighted by Gasteiger charge is 2.96. The van der Waals surface area contributed by atoms with Crippen LogP contribution in [0.3, 0.4) is 0 Å². The molecule has 0 saturated heterocycles. The van der Waals surface area contributed by atoms with Gasteiger partial charge >= 0.3 is 47.6 Å². The van der Waals surface area contributed by atoms with Gasteiger partial charge in [-0.05, 0) is 37.1 Å². The van der Waals surface area contributed by atoms with E-state index in [1.54, 1.807) is 0 Å². The lowest BCUT2D eigenvalue weighted by Crippen LogP contribution is -2.76. The largest absolute Gasteiger partial charge is 0.460 e. The number of allylic oxidation sites excluding steroid dienone is 2. The Kier molecular flexibility index (Phi) is 6.82. The van der Waals surface area contributed by atoms with Crippen LogP contribution < -0.4 is 0 Å². The molecule has 0 unspecified atom stereocenters. The molecule has 0 atom stereocenters. The summed E-state index contributed by atoms with van der Waals surface area (Å²) in [5.41, 5.74) is -8.20. The van der Waals surface area contributed by atoms with E-state index in [0.717, 1.165) is 0 Å². The molecular formula is C16H9F17O2. The van der Waals surface area contributed by atoms with Gasteiger partial charge in [0.25, 0.3) is 0 Å². The van der Waals surface area contributed by atoms with Crippen LogP contribution in [0.1, 0.15) is 13.8 Å². The third kappa shape index (κ3) is 3.53. The summed E-state index contributed by atoms with van der Waals surface area (Å²) in [6.45, 7) is 0.336. The summed E-state index contributed by atoms with van der Waals surface area (Å²) in [7, 11) is 0. The van der Waals surface area contributed by atoms with Gasteiger partial charge in [-0.15, -0.1) is 0 Å². The second kappa shape index (κ2) is 7.71. The van der Waals surface area contributed by atoms with Gasteiger partial charge in [-0.25, -0.2) is 0 Å². The van der Waals surface area contributed by atoms with Gasteiger partial charge in [0.1, 0.15) is 0 Å². The van der Waals surface area contributed by atoms with E-state index < -0.39 is 70.2 Å². The molecule has 1 rings (SSSR count). The highest BCUT2D eigenvalue weighted by Crippen LogP contribution is 2.65. The quantitative estimate of drug-likeness (QED) is 0.380. The van der Waals surface area contributed by atoms with Crippen molar-refractivity contribution in [2.45, 2.75) is 67.1 Å². The van der Waals surface area contributed by atoms with Crippen molar-refractivity contribution in [3.63, 3.8) is 0 Å². The SMILES string of the molecule is CC1=CC(=O)C=C(C)C1(O)C(F)(F)C(F)(F)C(F)(F)C(F)(F)C(F)(F)C(F)(F)C(F)(F)C(F)(F)F. The lowest BCUT2D eigenvalue weighted by atomic mass is 9.73. The van der Waals surface area contributed by atoms with Gasteiger partial charge < -0.3 is 5.11 Å². The molecule has 1 aliphatic carbocycles. The zero-order valence-electron chi connectivity index (χ0n) is 16.4. The van der Waals surface area contributed by atoms with Gasteiger partial charge in [-0.2, -0.15) is 74.6 Å². The summed E-state index contributed by atoms with van der Waals surface area (Å²) in [6, 6.07) is 0. The smallest absolute Gasteiger partial charge is 0.375 e. The molecule has 0 amide bonds. The van der Waals surface area contributed by atoms with E-state index in [1.165, 1.54) is 0 Å². The fourth-order valence-corrected chi connectivity index (χ4v) is 2.87. The average molecular weight is 556 g/mol. The molecule has 0 aromatic heterocycles. The Hall–Kier alpha value is -2.08. The predicted molar refractivity (Wildman–Crippen MR) is 78.2 cm³/mol. The number of hydrogen-bond donors (Lipinski definition) is 1. The van der Waals surface area contributed by atoms with E-state index in [-0.39, 0.29) is 26.0 Å². The summed E-state index contributed by atoms with van der Waals surface area (Å²) in [4.78, 5) is 11.2. The zero-order valence-corrected chi connectivity index (χ0v) is 16.4. The van der Waals surface area contributed by atoms with E-state index in [2.05, 4.69) is 0 Å². The minimum Gasteiger partial charge on any atom is -0.375 e. The number of alkyl halides is 17. The van der Waals surface area contributed by atoms with Crippen LogP contribution in [0, 0.1) is 0 Å². The van der Waals surface area contributed by atoms with Crippen molar-refractivity contribution in [2.24, 2.45) is 0 Å². The first kappa shape index (κ1) is 31.0. The Morgan fingerprint density at radius 2 is 0.800 bits per heavy atom. The van der Waals surface area contributed by atoms with Gasteiger partial charge in [-0.3, -0.25) is 4.79 Å². The van der Waals surface area contributed by atoms with Crippen LogP contribution in [-0.4, -0.2) is 64.1 Å². The predicted octanol–water partition coefficient (Wildman–Crippen LogP) is 6.20. The van der Waals surface area contributed by atoms with Crippen LogP contribution in [0.5, 0.6) is 0 Å². The Morgan fingerprint density at radius 3 is 1.09 bits per heavy atom. The Labute approximate surface area is 182 Å². The number of halogens is 17. The molecule has 1 N–H and O–H groups in total. The van der Waals surface area contributed by atoms with Gasteiger partial charge in [-0.1, -0.05) is 0 Å². The Morgan fingerprint density at radius 1 is 0.543 bits per heavy atom. The number of hydrogen-bond acceptors (Lipinski definition) is 2. The lowest BCUT2D eigenvalue weighted by Gasteiger charge is -2.47. The van der Waals surface area contributed by atoms with Gasteiger partial charge in [0.15, 0.2) is 11.4 Å². The van der Waals surface area contributed by atoms with Crippen molar-refractivity contribution < 1.29 is 84.5 Å². The number of carbonyl (C=O) groups is 1. The Balaban J connectivity index is 3.84. The van der Waals surface area contributed by atoms with Crippen LogP contribution in [0.25, 0.3) is 0 Å². The van der Waals surface area contributed by atoms with Crippen molar-refractivity contribution in [2.75, 3.05) is 0 Å². The third-order valence-electron chi connectivity index (χ3n) is 5.04. The van der Waals surface area contributed by atoms with Crippen LogP contribution in [0.2, 0.25) is 0 Å². The van der Waals surface area contributed by atoms with E-state index in [4.69, 9.17) is 0 Å². The molecule has 0 aromatic rings. The molecule has 204 valence electrons. The summed E-state index contributed by atoms with van der Waals surface area (Å²) in [5, 5.41) is 9.92. The molecule has 1 aliphatic rings. The summed E-state index contributed by atoms with van der Waals surface area (Å²) in [6.07, 6.45) is -8.09. The molecule has 0 heterocycles. The third-order valence-corrected chi connectivity index (χ3v) is 5.04. The molecule has 0 aromatic carbocycles. The molecule has 0 saturated carbocycles. The second-order valence-electron chi connectivity index (χ2n) is 7.29. The molecule has 0 bridgehead atoms. The molecular weight excluding hydrogens is 547 g/mol. The van der Waals surface area contributed by atoms with Crippen LogP contribution in [0.4, 0.5) is 74.6 Å². The number of ketones is 1. The topological polar surface area (TPSA) is 37.3 Å². The summed E-state index contributed by atoms with van der Waals surface area (Å²) >= 11 is 0. The van der Waals surface area contributed by atoms with Crippen molar-refractivity contribution >= 4 is 5.78 Å². The maximum Gasteiger partial charge on any atom is 0.460 e. The molecule has 35 heavy (non-hydrogen) atoms. The number of carbonyl (C=O) groups excluding carboxylic acids is 1. The normalized spacial score (nSPS) is 19.5. The fourth-order valence-electron chi connectivity index (χ4n) is 2.87. The highest BCUT2D eigenvalue weighted by molar-refractivity contribution is 6.02. The van der Waals surface area contributed by atoms with E-state index in [9.17, 15) is 84.5 Å². The van der Waals surface area contributed by atoms with Gasteiger partial charge in [0, 0.05) is 0 Å². The number of rotatable bonds is 7. The van der Waals surface area contributed by atoms with E-state index >= 15 is 0 Å². The first-order chi connectivity index (χ1) is 14.9. The van der Waals surface area contributed by atoms with Gasteiger partial charge in [0.05, 0.1) is 0 Å². The second-order valence-corrected chi connectivity index (χ2v) is 7.29. The molecule has 2 nitrogen and oxygen atoms in total. The van der Waals surface area contributed by atoms with E-state index in [1.807, 2.05) is 0 Å². The van der Waals surface area contributed by atoms with Crippen LogP contribution in [0.15, 0.2) is 23.3 Å². The minimum absolute atomic E-state index is 0.125. The van der Waals surface area contributed by atoms with Crippen molar-refractivity contribution in [1.29, 1.82) is 0 Å². The van der Waals surface area contributed by atoms with Crippen LogP contribution >= 0.6 is 0 Å². The first-order valence-electron chi connectivity index (χ1n) is 8.30. The highest BCUT2D eigenvalue weighted by atomic mass is 19.4. The summed E-state index contributed by atoms with van der Waals surface area (Å²) in [5.74, 6) is -59.5. The fraction of sp³-hybridized carbons (Fsp3) is 0.688. The van der Waals surface area contributed by atoms with E-state index in [0.29, 0.717) is 0 Å². The first-order valence-corrected chi connectivity index (χ1v) is 8.30. The standard InChI is InChI=1S/C16H9F17O2/c1-5-3-7(34)4-6(2)8(5,35)9(17,18)10(19,20)11(21,22)12(23,24)13(25,26)14(27,28)15(29,30)16(31,32)33/h3-4,35H,1-2H3. The zero-order chi connectivity index (χ0) is 28.6. The molecule has 0 spiro atoms. The monoisotopic (exact) mass is 556 g/mol. The van der Waals surface area contributed by atoms with Crippen LogP contribution in [-0.2, 0) is 4.79 Å². The maximum atomic E-state index is 14.5. The lowest BCUT2D eigenvalue weighted by molar-refractivity contribution is -0.465. The molecule has 19 heteroatoms. The number of aliphatic hydroxyl groups is 1. The summed E-state index contributed by atoms with van der Waals surface area (Å²) < 4.78 is 228. The maximum absolute atomic E-state index is 14.5. The van der Waals surface area contributed by atoms with Crippen molar-refractivity contribution in [3.05, 3.63) is 23.3 Å². The molecule has 0 radical (unpaired) electrons.